The Bertz CT molecular complexity index is 505. The third kappa shape index (κ3) is 5.38. The van der Waals surface area contributed by atoms with Gasteiger partial charge >= 0.3 is 12.0 Å². The summed E-state index contributed by atoms with van der Waals surface area (Å²) in [5, 5.41) is 11.8. The SMILES string of the molecule is CC(C)C(CNC(=O)N(C)Cc1ccccc1Br)C(=O)O. The first kappa shape index (κ1) is 17.5. The molecule has 1 aromatic rings. The van der Waals surface area contributed by atoms with Crippen LogP contribution < -0.4 is 5.32 Å². The van der Waals surface area contributed by atoms with E-state index in [4.69, 9.17) is 5.11 Å². The fraction of sp³-hybridized carbons (Fsp3) is 0.467. The number of aliphatic carboxylic acids is 1. The molecule has 0 fully saturated rings. The average molecular weight is 357 g/mol. The quantitative estimate of drug-likeness (QED) is 0.823. The summed E-state index contributed by atoms with van der Waals surface area (Å²) in [5.41, 5.74) is 0.994. The van der Waals surface area contributed by atoms with Crippen molar-refractivity contribution in [1.82, 2.24) is 10.2 Å². The molecule has 0 aliphatic heterocycles. The minimum atomic E-state index is -0.890. The normalized spacial score (nSPS) is 12.0. The molecule has 0 bridgehead atoms. The van der Waals surface area contributed by atoms with Crippen LogP contribution in [0.4, 0.5) is 4.79 Å². The van der Waals surface area contributed by atoms with E-state index in [9.17, 15) is 9.59 Å². The van der Waals surface area contributed by atoms with E-state index in [-0.39, 0.29) is 18.5 Å². The highest BCUT2D eigenvalue weighted by molar-refractivity contribution is 9.10. The summed E-state index contributed by atoms with van der Waals surface area (Å²) in [4.78, 5) is 24.6. The zero-order valence-electron chi connectivity index (χ0n) is 12.5. The van der Waals surface area contributed by atoms with Gasteiger partial charge in [-0.3, -0.25) is 4.79 Å². The van der Waals surface area contributed by atoms with Crippen molar-refractivity contribution < 1.29 is 14.7 Å². The molecule has 0 saturated heterocycles. The summed E-state index contributed by atoms with van der Waals surface area (Å²) >= 11 is 3.44. The van der Waals surface area contributed by atoms with Crippen LogP contribution in [-0.2, 0) is 11.3 Å². The van der Waals surface area contributed by atoms with Gasteiger partial charge in [-0.1, -0.05) is 48.0 Å². The van der Waals surface area contributed by atoms with Gasteiger partial charge in [0.2, 0.25) is 0 Å². The maximum Gasteiger partial charge on any atom is 0.317 e. The second-order valence-corrected chi connectivity index (χ2v) is 6.18. The number of urea groups is 1. The smallest absolute Gasteiger partial charge is 0.317 e. The van der Waals surface area contributed by atoms with Crippen LogP contribution in [0.1, 0.15) is 19.4 Å². The maximum absolute atomic E-state index is 12.0. The van der Waals surface area contributed by atoms with Gasteiger partial charge in [-0.15, -0.1) is 0 Å². The van der Waals surface area contributed by atoms with E-state index in [1.807, 2.05) is 38.1 Å². The molecular weight excluding hydrogens is 336 g/mol. The number of benzene rings is 1. The molecule has 2 N–H and O–H groups in total. The predicted molar refractivity (Wildman–Crippen MR) is 85.0 cm³/mol. The average Bonchev–Trinajstić information content (AvgIpc) is 2.40. The van der Waals surface area contributed by atoms with Crippen molar-refractivity contribution >= 4 is 27.9 Å². The Morgan fingerprint density at radius 3 is 2.48 bits per heavy atom. The Balaban J connectivity index is 2.55. The van der Waals surface area contributed by atoms with Crippen LogP contribution in [0, 0.1) is 11.8 Å². The van der Waals surface area contributed by atoms with Gasteiger partial charge in [0.25, 0.3) is 0 Å². The van der Waals surface area contributed by atoms with Crippen molar-refractivity contribution in [2.45, 2.75) is 20.4 Å². The Morgan fingerprint density at radius 1 is 1.33 bits per heavy atom. The van der Waals surface area contributed by atoms with E-state index >= 15 is 0 Å². The maximum atomic E-state index is 12.0. The molecule has 2 amide bonds. The van der Waals surface area contributed by atoms with Crippen LogP contribution in [0.2, 0.25) is 0 Å². The number of nitrogens with one attached hydrogen (secondary N) is 1. The molecule has 1 atom stereocenters. The van der Waals surface area contributed by atoms with Crippen LogP contribution in [0.3, 0.4) is 0 Å². The fourth-order valence-electron chi connectivity index (χ4n) is 1.89. The van der Waals surface area contributed by atoms with Gasteiger partial charge in [0.15, 0.2) is 0 Å². The summed E-state index contributed by atoms with van der Waals surface area (Å²) in [6.07, 6.45) is 0. The third-order valence-electron chi connectivity index (χ3n) is 3.31. The number of carboxylic acid groups (broad SMARTS) is 1. The van der Waals surface area contributed by atoms with Crippen molar-refractivity contribution in [2.75, 3.05) is 13.6 Å². The Labute approximate surface area is 133 Å². The number of carbonyl (C=O) groups excluding carboxylic acids is 1. The number of carboxylic acids is 1. The molecule has 0 radical (unpaired) electrons. The zero-order valence-corrected chi connectivity index (χ0v) is 14.1. The van der Waals surface area contributed by atoms with Gasteiger partial charge < -0.3 is 15.3 Å². The Kier molecular flexibility index (Phi) is 6.68. The molecule has 0 aliphatic carbocycles. The van der Waals surface area contributed by atoms with Crippen LogP contribution in [-0.4, -0.2) is 35.6 Å². The topological polar surface area (TPSA) is 69.6 Å². The predicted octanol–water partition coefficient (Wildman–Crippen LogP) is 2.95. The first-order valence-corrected chi connectivity index (χ1v) is 7.57. The van der Waals surface area contributed by atoms with Crippen molar-refractivity contribution in [1.29, 1.82) is 0 Å². The van der Waals surface area contributed by atoms with Crippen LogP contribution >= 0.6 is 15.9 Å². The van der Waals surface area contributed by atoms with Gasteiger partial charge in [-0.25, -0.2) is 4.79 Å². The van der Waals surface area contributed by atoms with E-state index in [0.29, 0.717) is 6.54 Å². The molecular formula is C15H21BrN2O3. The third-order valence-corrected chi connectivity index (χ3v) is 4.08. The van der Waals surface area contributed by atoms with Gasteiger partial charge in [0.05, 0.1) is 5.92 Å². The minimum absolute atomic E-state index is 0.0311. The van der Waals surface area contributed by atoms with Gasteiger partial charge in [-0.05, 0) is 17.5 Å². The monoisotopic (exact) mass is 356 g/mol. The highest BCUT2D eigenvalue weighted by Crippen LogP contribution is 2.17. The Morgan fingerprint density at radius 2 is 1.95 bits per heavy atom. The minimum Gasteiger partial charge on any atom is -0.481 e. The van der Waals surface area contributed by atoms with Crippen LogP contribution in [0.5, 0.6) is 0 Å². The van der Waals surface area contributed by atoms with Crippen LogP contribution in [0.15, 0.2) is 28.7 Å². The van der Waals surface area contributed by atoms with Crippen molar-refractivity contribution in [3.63, 3.8) is 0 Å². The van der Waals surface area contributed by atoms with Gasteiger partial charge in [0, 0.05) is 24.6 Å². The number of hydrogen-bond donors (Lipinski definition) is 2. The number of nitrogens with zero attached hydrogens (tertiary/aromatic N) is 1. The van der Waals surface area contributed by atoms with Crippen LogP contribution in [0.25, 0.3) is 0 Å². The molecule has 1 rings (SSSR count). The molecule has 21 heavy (non-hydrogen) atoms. The molecule has 0 aliphatic rings. The largest absolute Gasteiger partial charge is 0.481 e. The van der Waals surface area contributed by atoms with Gasteiger partial charge in [0.1, 0.15) is 0 Å². The lowest BCUT2D eigenvalue weighted by atomic mass is 9.96. The van der Waals surface area contributed by atoms with Crippen molar-refractivity contribution in [3.8, 4) is 0 Å². The summed E-state index contributed by atoms with van der Waals surface area (Å²) in [7, 11) is 1.68. The second kappa shape index (κ2) is 8.02. The molecule has 0 saturated carbocycles. The number of hydrogen-bond acceptors (Lipinski definition) is 2. The van der Waals surface area contributed by atoms with E-state index in [2.05, 4.69) is 21.2 Å². The molecule has 5 nitrogen and oxygen atoms in total. The molecule has 1 unspecified atom stereocenters. The lowest BCUT2D eigenvalue weighted by molar-refractivity contribution is -0.142. The molecule has 116 valence electrons. The van der Waals surface area contributed by atoms with Crippen molar-refractivity contribution in [3.05, 3.63) is 34.3 Å². The zero-order chi connectivity index (χ0) is 16.0. The standard InChI is InChI=1S/C15H21BrN2O3/c1-10(2)12(14(19)20)8-17-15(21)18(3)9-11-6-4-5-7-13(11)16/h4-7,10,12H,8-9H2,1-3H3,(H,17,21)(H,19,20). The molecule has 0 heterocycles. The van der Waals surface area contributed by atoms with E-state index in [0.717, 1.165) is 10.0 Å². The lowest BCUT2D eigenvalue weighted by Crippen LogP contribution is -2.41. The highest BCUT2D eigenvalue weighted by Gasteiger charge is 2.22. The lowest BCUT2D eigenvalue weighted by Gasteiger charge is -2.21. The first-order valence-electron chi connectivity index (χ1n) is 6.78. The molecule has 1 aromatic carbocycles. The number of amides is 2. The summed E-state index contributed by atoms with van der Waals surface area (Å²) in [6, 6.07) is 7.39. The summed E-state index contributed by atoms with van der Waals surface area (Å²) in [5.74, 6) is -1.50. The highest BCUT2D eigenvalue weighted by atomic mass is 79.9. The number of rotatable bonds is 6. The molecule has 6 heteroatoms. The summed E-state index contributed by atoms with van der Waals surface area (Å²) in [6.45, 7) is 4.24. The van der Waals surface area contributed by atoms with Crippen molar-refractivity contribution in [2.24, 2.45) is 11.8 Å². The number of halogens is 1. The number of carbonyl (C=O) groups is 2. The van der Waals surface area contributed by atoms with E-state index in [1.165, 1.54) is 4.90 Å². The molecule has 0 aromatic heterocycles. The molecule has 0 spiro atoms. The second-order valence-electron chi connectivity index (χ2n) is 5.32. The fourth-order valence-corrected chi connectivity index (χ4v) is 2.30. The van der Waals surface area contributed by atoms with E-state index < -0.39 is 11.9 Å². The summed E-state index contributed by atoms with van der Waals surface area (Å²) < 4.78 is 0.940. The van der Waals surface area contributed by atoms with E-state index in [1.54, 1.807) is 7.05 Å². The first-order chi connectivity index (χ1) is 9.82. The Hall–Kier alpha value is -1.56. The van der Waals surface area contributed by atoms with Gasteiger partial charge in [-0.2, -0.15) is 0 Å².